The molecule has 4 aromatic heterocycles. The molecule has 1 saturated heterocycles. The Labute approximate surface area is 278 Å². The van der Waals surface area contributed by atoms with E-state index in [2.05, 4.69) is 35.7 Å². The van der Waals surface area contributed by atoms with Gasteiger partial charge >= 0.3 is 0 Å². The van der Waals surface area contributed by atoms with Crippen molar-refractivity contribution in [2.75, 3.05) is 36.9 Å². The fourth-order valence-corrected chi connectivity index (χ4v) is 8.69. The first-order valence-corrected chi connectivity index (χ1v) is 18.9. The topological polar surface area (TPSA) is 194 Å². The third-order valence-electron chi connectivity index (χ3n) is 8.88. The minimum Gasteiger partial charge on any atom is -0.390 e. The normalized spacial score (nSPS) is 22.3. The smallest absolute Gasteiger partial charge is 0.256 e. The number of ether oxygens (including phenoxy) is 1. The Kier molecular flexibility index (Phi) is 8.65. The maximum absolute atomic E-state index is 13.2. The lowest BCUT2D eigenvalue weighted by atomic mass is 9.83. The van der Waals surface area contributed by atoms with Gasteiger partial charge in [-0.25, -0.2) is 31.8 Å². The first kappa shape index (κ1) is 32.5. The van der Waals surface area contributed by atoms with Crippen molar-refractivity contribution in [1.29, 1.82) is 0 Å². The Bertz CT molecular complexity index is 2000. The van der Waals surface area contributed by atoms with Crippen LogP contribution in [0.25, 0.3) is 22.6 Å². The van der Waals surface area contributed by atoms with E-state index in [1.54, 1.807) is 30.6 Å². The predicted molar refractivity (Wildman–Crippen MR) is 177 cm³/mol. The molecule has 3 N–H and O–H groups in total. The number of hydrogen-bond acceptors (Lipinski definition) is 13. The van der Waals surface area contributed by atoms with Gasteiger partial charge in [0.2, 0.25) is 10.0 Å². The van der Waals surface area contributed by atoms with Crippen LogP contribution in [0.2, 0.25) is 0 Å². The Hall–Kier alpha value is -4.03. The Morgan fingerprint density at radius 1 is 0.938 bits per heavy atom. The highest BCUT2D eigenvalue weighted by atomic mass is 32.2. The van der Waals surface area contributed by atoms with Gasteiger partial charge in [0.1, 0.15) is 16.5 Å². The lowest BCUT2D eigenvalue weighted by molar-refractivity contribution is 0.0196. The third kappa shape index (κ3) is 6.91. The second-order valence-electron chi connectivity index (χ2n) is 12.7. The molecule has 4 aromatic rings. The number of pyridine rings is 2. The summed E-state index contributed by atoms with van der Waals surface area (Å²) < 4.78 is 59.2. The standard InChI is InChI=1S/C31H37N9O6S2/c1-31(41)9-6-22(7-10-31)36-27-16-29(34-19-25(27)26-5-4-24(18-33-26)47(42,43)39-12-14-46-15-13-39)37-28-8-11-32-30(38-28)21-17-35-40(20-21)48(44,45)23-2-3-23/h4-5,8,11,16-20,22-23,41H,2-3,6-7,9-10,12-15H2,1H3,(H2,32,34,36,37,38). The molecule has 0 aromatic carbocycles. The molecule has 0 radical (unpaired) electrons. The van der Waals surface area contributed by atoms with Crippen LogP contribution in [-0.2, 0) is 24.8 Å². The summed E-state index contributed by atoms with van der Waals surface area (Å²) in [5.41, 5.74) is 1.73. The van der Waals surface area contributed by atoms with E-state index in [1.165, 1.54) is 22.9 Å². The lowest BCUT2D eigenvalue weighted by Gasteiger charge is -2.34. The largest absolute Gasteiger partial charge is 0.390 e. The van der Waals surface area contributed by atoms with Crippen LogP contribution < -0.4 is 10.6 Å². The number of aromatic nitrogens is 6. The van der Waals surface area contributed by atoms with E-state index in [4.69, 9.17) is 4.74 Å². The van der Waals surface area contributed by atoms with Crippen LogP contribution in [0.4, 0.5) is 17.3 Å². The van der Waals surface area contributed by atoms with Crippen LogP contribution in [0.5, 0.6) is 0 Å². The van der Waals surface area contributed by atoms with E-state index in [1.807, 2.05) is 13.0 Å². The van der Waals surface area contributed by atoms with Crippen LogP contribution in [0.1, 0.15) is 45.4 Å². The molecule has 7 rings (SSSR count). The molecule has 0 atom stereocenters. The van der Waals surface area contributed by atoms with Crippen molar-refractivity contribution in [2.45, 2.75) is 67.2 Å². The molecule has 3 aliphatic rings. The average Bonchev–Trinajstić information content (AvgIpc) is 3.83. The van der Waals surface area contributed by atoms with Gasteiger partial charge in [0, 0.05) is 55.0 Å². The number of nitrogens with one attached hydrogen (secondary N) is 2. The molecule has 3 fully saturated rings. The number of anilines is 3. The molecular formula is C31H37N9O6S2. The molecule has 0 unspecified atom stereocenters. The number of nitrogens with zero attached hydrogens (tertiary/aromatic N) is 7. The van der Waals surface area contributed by atoms with Crippen LogP contribution in [0, 0.1) is 0 Å². The minimum absolute atomic E-state index is 0.0919. The van der Waals surface area contributed by atoms with Gasteiger partial charge in [0.15, 0.2) is 5.82 Å². The summed E-state index contributed by atoms with van der Waals surface area (Å²) in [7, 11) is -7.21. The molecule has 1 aliphatic heterocycles. The maximum atomic E-state index is 13.2. The van der Waals surface area contributed by atoms with Gasteiger partial charge in [-0.1, -0.05) is 0 Å². The summed E-state index contributed by atoms with van der Waals surface area (Å²) in [5.74, 6) is 1.22. The fourth-order valence-electron chi connectivity index (χ4n) is 5.86. The number of aliphatic hydroxyl groups is 1. The number of morpholine rings is 1. The van der Waals surface area contributed by atoms with Crippen molar-refractivity contribution < 1.29 is 26.7 Å². The van der Waals surface area contributed by atoms with Crippen molar-refractivity contribution >= 4 is 37.4 Å². The van der Waals surface area contributed by atoms with Crippen molar-refractivity contribution in [3.05, 3.63) is 55.2 Å². The molecule has 0 bridgehead atoms. The maximum Gasteiger partial charge on any atom is 0.256 e. The average molecular weight is 696 g/mol. The molecule has 0 spiro atoms. The van der Waals surface area contributed by atoms with Crippen molar-refractivity contribution in [1.82, 2.24) is 33.4 Å². The molecular weight excluding hydrogens is 659 g/mol. The molecule has 48 heavy (non-hydrogen) atoms. The van der Waals surface area contributed by atoms with E-state index in [9.17, 15) is 21.9 Å². The van der Waals surface area contributed by atoms with Crippen LogP contribution >= 0.6 is 0 Å². The van der Waals surface area contributed by atoms with Crippen molar-refractivity contribution in [3.8, 4) is 22.6 Å². The highest BCUT2D eigenvalue weighted by Crippen LogP contribution is 2.35. The van der Waals surface area contributed by atoms with Crippen LogP contribution in [-0.4, -0.2) is 98.6 Å². The first-order chi connectivity index (χ1) is 23.0. The highest BCUT2D eigenvalue weighted by Gasteiger charge is 2.38. The summed E-state index contributed by atoms with van der Waals surface area (Å²) in [4.78, 5) is 18.1. The summed E-state index contributed by atoms with van der Waals surface area (Å²) in [5, 5.41) is 21.0. The van der Waals surface area contributed by atoms with Crippen LogP contribution in [0.15, 0.2) is 60.1 Å². The van der Waals surface area contributed by atoms with Gasteiger partial charge < -0.3 is 20.5 Å². The summed E-state index contributed by atoms with van der Waals surface area (Å²) in [6.45, 7) is 3.16. The number of sulfonamides is 1. The lowest BCUT2D eigenvalue weighted by Crippen LogP contribution is -2.40. The Morgan fingerprint density at radius 2 is 1.71 bits per heavy atom. The van der Waals surface area contributed by atoms with Crippen molar-refractivity contribution in [2.24, 2.45) is 0 Å². The SMILES string of the molecule is CC1(O)CCC(Nc2cc(Nc3ccnc(-c4cnn(S(=O)(=O)C5CC5)c4)n3)ncc2-c2ccc(S(=O)(=O)N3CCOCC3)cn2)CC1. The molecule has 2 aliphatic carbocycles. The summed E-state index contributed by atoms with van der Waals surface area (Å²) in [6, 6.07) is 6.84. The predicted octanol–water partition coefficient (Wildman–Crippen LogP) is 3.01. The van der Waals surface area contributed by atoms with E-state index < -0.39 is 30.9 Å². The quantitative estimate of drug-likeness (QED) is 0.219. The molecule has 2 saturated carbocycles. The van der Waals surface area contributed by atoms with Gasteiger partial charge in [0.25, 0.3) is 10.0 Å². The summed E-state index contributed by atoms with van der Waals surface area (Å²) in [6.07, 6.45) is 11.6. The van der Waals surface area contributed by atoms with Gasteiger partial charge in [-0.2, -0.15) is 13.5 Å². The van der Waals surface area contributed by atoms with Gasteiger partial charge in [-0.05, 0) is 63.6 Å². The highest BCUT2D eigenvalue weighted by molar-refractivity contribution is 7.90. The minimum atomic E-state index is -3.70. The molecule has 15 nitrogen and oxygen atoms in total. The number of hydrogen-bond donors (Lipinski definition) is 3. The summed E-state index contributed by atoms with van der Waals surface area (Å²) >= 11 is 0. The Balaban J connectivity index is 1.15. The monoisotopic (exact) mass is 695 g/mol. The zero-order chi connectivity index (χ0) is 33.5. The van der Waals surface area contributed by atoms with E-state index in [-0.39, 0.29) is 10.9 Å². The van der Waals surface area contributed by atoms with E-state index in [0.717, 1.165) is 22.6 Å². The zero-order valence-corrected chi connectivity index (χ0v) is 28.0. The van der Waals surface area contributed by atoms with Crippen molar-refractivity contribution in [3.63, 3.8) is 0 Å². The van der Waals surface area contributed by atoms with Gasteiger partial charge in [-0.15, -0.1) is 0 Å². The van der Waals surface area contributed by atoms with Gasteiger partial charge in [0.05, 0.1) is 47.7 Å². The molecule has 0 amide bonds. The molecule has 254 valence electrons. The van der Waals surface area contributed by atoms with E-state index in [0.29, 0.717) is 86.3 Å². The van der Waals surface area contributed by atoms with E-state index >= 15 is 0 Å². The second-order valence-corrected chi connectivity index (χ2v) is 16.7. The molecule has 17 heteroatoms. The second kappa shape index (κ2) is 12.8. The molecule has 5 heterocycles. The zero-order valence-electron chi connectivity index (χ0n) is 26.4. The van der Waals surface area contributed by atoms with Gasteiger partial charge in [-0.3, -0.25) is 4.98 Å². The van der Waals surface area contributed by atoms with Crippen LogP contribution in [0.3, 0.4) is 0 Å². The Morgan fingerprint density at radius 3 is 2.42 bits per heavy atom. The third-order valence-corrected chi connectivity index (χ3v) is 12.8. The fraction of sp³-hybridized carbons (Fsp3) is 0.452. The number of rotatable bonds is 10. The first-order valence-electron chi connectivity index (χ1n) is 15.9.